The molecule has 22 heavy (non-hydrogen) atoms. The van der Waals surface area contributed by atoms with E-state index in [-0.39, 0.29) is 4.57 Å². The Labute approximate surface area is 114 Å². The maximum atomic E-state index is 12.9. The zero-order chi connectivity index (χ0) is 18.3. The average Bonchev–Trinajstić information content (AvgIpc) is 2.57. The van der Waals surface area contributed by atoms with Crippen molar-refractivity contribution in [2.45, 2.75) is 18.4 Å². The summed E-state index contributed by atoms with van der Waals surface area (Å²) in [6.07, 6.45) is -7.41. The second-order valence-corrected chi connectivity index (χ2v) is 5.85. The van der Waals surface area contributed by atoms with Gasteiger partial charge in [-0.15, -0.1) is 0 Å². The molecule has 1 heterocycles. The molecular formula is C7H7F12N2P. The van der Waals surface area contributed by atoms with Crippen LogP contribution in [0.25, 0.3) is 0 Å². The van der Waals surface area contributed by atoms with E-state index in [1.165, 1.54) is 7.05 Å². The van der Waals surface area contributed by atoms with Crippen molar-refractivity contribution in [2.24, 2.45) is 7.05 Å². The van der Waals surface area contributed by atoms with Gasteiger partial charge in [-0.2, -0.15) is 26.5 Å². The number of halogens is 12. The molecule has 0 aliphatic carbocycles. The Bertz CT molecular complexity index is 499. The van der Waals surface area contributed by atoms with Crippen molar-refractivity contribution in [3.63, 3.8) is 0 Å². The van der Waals surface area contributed by atoms with Crippen molar-refractivity contribution in [3.8, 4) is 0 Å². The van der Waals surface area contributed by atoms with Gasteiger partial charge < -0.3 is 0 Å². The maximum absolute atomic E-state index is 12.9. The minimum atomic E-state index is -10.7. The molecule has 0 amide bonds. The molecule has 0 radical (unpaired) electrons. The summed E-state index contributed by atoms with van der Waals surface area (Å²) in [4.78, 5) is 0. The third-order valence-electron chi connectivity index (χ3n) is 1.71. The molecule has 0 spiro atoms. The van der Waals surface area contributed by atoms with Gasteiger partial charge in [0.15, 0.2) is 0 Å². The zero-order valence-electron chi connectivity index (χ0n) is 10.2. The van der Waals surface area contributed by atoms with Gasteiger partial charge >= 0.3 is 51.4 Å². The van der Waals surface area contributed by atoms with E-state index in [4.69, 9.17) is 0 Å². The third kappa shape index (κ3) is 8.95. The van der Waals surface area contributed by atoms with E-state index in [1.54, 1.807) is 0 Å². The van der Waals surface area contributed by atoms with Crippen molar-refractivity contribution in [1.29, 1.82) is 0 Å². The number of nitrogens with zero attached hydrogens (tertiary/aromatic N) is 2. The number of aryl methyl sites for hydroxylation is 1. The monoisotopic (exact) mass is 378 g/mol. The Morgan fingerprint density at radius 3 is 1.55 bits per heavy atom. The van der Waals surface area contributed by atoms with Gasteiger partial charge in [-0.05, 0) is 0 Å². The summed E-state index contributed by atoms with van der Waals surface area (Å²) < 4.78 is 134. The standard InChI is InChI=1S/C7H7F6N2.F6P/c1-14-2-3-15(4-14)7(12,13)5(8)6(9,10)11;1-7(2,3,4,5)6/h2-5H,1H3;/q+1;-1. The Morgan fingerprint density at radius 1 is 0.955 bits per heavy atom. The van der Waals surface area contributed by atoms with Crippen LogP contribution in [0.4, 0.5) is 51.5 Å². The molecule has 1 aromatic rings. The molecular weight excluding hydrogens is 371 g/mol. The van der Waals surface area contributed by atoms with Crippen LogP contribution in [0.15, 0.2) is 18.7 Å². The van der Waals surface area contributed by atoms with Gasteiger partial charge in [-0.1, -0.05) is 0 Å². The van der Waals surface area contributed by atoms with Crippen molar-refractivity contribution >= 4 is 7.81 Å². The number of hydrogen-bond donors (Lipinski definition) is 0. The van der Waals surface area contributed by atoms with Crippen molar-refractivity contribution in [3.05, 3.63) is 18.7 Å². The molecule has 0 aliphatic rings. The van der Waals surface area contributed by atoms with E-state index < -0.39 is 26.2 Å². The summed E-state index contributed by atoms with van der Waals surface area (Å²) in [7, 11) is -9.33. The number of hydrogen-bond acceptors (Lipinski definition) is 0. The Morgan fingerprint density at radius 2 is 1.32 bits per heavy atom. The van der Waals surface area contributed by atoms with Gasteiger partial charge in [0.25, 0.3) is 0 Å². The van der Waals surface area contributed by atoms with Crippen LogP contribution in [0, 0.1) is 0 Å². The molecule has 0 saturated heterocycles. The van der Waals surface area contributed by atoms with Gasteiger partial charge in [0.1, 0.15) is 12.4 Å². The van der Waals surface area contributed by atoms with Crippen molar-refractivity contribution in [1.82, 2.24) is 4.57 Å². The van der Waals surface area contributed by atoms with Gasteiger partial charge in [0.2, 0.25) is 6.33 Å². The second-order valence-electron chi connectivity index (χ2n) is 3.94. The van der Waals surface area contributed by atoms with E-state index >= 15 is 0 Å². The van der Waals surface area contributed by atoms with Crippen LogP contribution >= 0.6 is 7.81 Å². The molecule has 0 aromatic carbocycles. The van der Waals surface area contributed by atoms with E-state index in [0.717, 1.165) is 10.8 Å². The van der Waals surface area contributed by atoms with Crippen LogP contribution in [-0.4, -0.2) is 16.9 Å². The second kappa shape index (κ2) is 4.90. The fourth-order valence-corrected chi connectivity index (χ4v) is 0.954. The Balaban J connectivity index is 0.000000534. The van der Waals surface area contributed by atoms with Crippen LogP contribution in [0.2, 0.25) is 0 Å². The molecule has 0 saturated carbocycles. The Hall–Kier alpha value is -1.20. The quantitative estimate of drug-likeness (QED) is 0.383. The molecule has 1 aromatic heterocycles. The van der Waals surface area contributed by atoms with Gasteiger partial charge in [-0.25, -0.2) is 8.96 Å². The molecule has 134 valence electrons. The predicted molar refractivity (Wildman–Crippen MR) is 50.3 cm³/mol. The van der Waals surface area contributed by atoms with E-state index in [9.17, 15) is 51.5 Å². The van der Waals surface area contributed by atoms with Gasteiger partial charge in [-0.3, -0.25) is 0 Å². The first-order valence-electron chi connectivity index (χ1n) is 4.79. The summed E-state index contributed by atoms with van der Waals surface area (Å²) >= 11 is 0. The van der Waals surface area contributed by atoms with E-state index in [0.29, 0.717) is 12.5 Å². The molecule has 1 rings (SSSR count). The third-order valence-corrected chi connectivity index (χ3v) is 1.71. The number of alkyl halides is 6. The molecule has 1 unspecified atom stereocenters. The van der Waals surface area contributed by atoms with Crippen LogP contribution < -0.4 is 4.57 Å². The summed E-state index contributed by atoms with van der Waals surface area (Å²) in [6, 6.07) is -4.64. The normalized spacial score (nSPS) is 17.9. The molecule has 0 bridgehead atoms. The van der Waals surface area contributed by atoms with Gasteiger partial charge in [0.05, 0.1) is 7.05 Å². The molecule has 15 heteroatoms. The average molecular weight is 378 g/mol. The van der Waals surface area contributed by atoms with Crippen molar-refractivity contribution < 1.29 is 56.1 Å². The van der Waals surface area contributed by atoms with E-state index in [1.807, 2.05) is 0 Å². The van der Waals surface area contributed by atoms with Crippen LogP contribution in [0.1, 0.15) is 0 Å². The van der Waals surface area contributed by atoms with Gasteiger partial charge in [0, 0.05) is 0 Å². The summed E-state index contributed by atoms with van der Waals surface area (Å²) in [5.74, 6) is 0. The first-order valence-corrected chi connectivity index (χ1v) is 6.82. The minimum absolute atomic E-state index is 0.120. The fourth-order valence-electron chi connectivity index (χ4n) is 0.954. The fraction of sp³-hybridized carbons (Fsp3) is 0.571. The SMILES string of the molecule is C[n+]1ccn(C(F)(F)C(F)C(F)(F)F)c1.F[P-](F)(F)(F)(F)F. The summed E-state index contributed by atoms with van der Waals surface area (Å²) in [5.41, 5.74) is 0. The van der Waals surface area contributed by atoms with E-state index in [2.05, 4.69) is 0 Å². The van der Waals surface area contributed by atoms with Crippen LogP contribution in [0.5, 0.6) is 0 Å². The molecule has 0 fully saturated rings. The van der Waals surface area contributed by atoms with Crippen LogP contribution in [-0.2, 0) is 13.1 Å². The summed E-state index contributed by atoms with van der Waals surface area (Å²) in [6.45, 7) is 0. The first-order chi connectivity index (χ1) is 9.10. The molecule has 2 nitrogen and oxygen atoms in total. The number of imidazole rings is 1. The van der Waals surface area contributed by atoms with Crippen molar-refractivity contribution in [2.75, 3.05) is 0 Å². The first kappa shape index (κ1) is 20.8. The number of aromatic nitrogens is 2. The zero-order valence-corrected chi connectivity index (χ0v) is 11.1. The molecule has 0 N–H and O–H groups in total. The van der Waals surface area contributed by atoms with Crippen LogP contribution in [0.3, 0.4) is 0 Å². The Kier molecular flexibility index (Phi) is 4.63. The summed E-state index contributed by atoms with van der Waals surface area (Å²) in [5, 5.41) is 0. The topological polar surface area (TPSA) is 8.81 Å². The predicted octanol–water partition coefficient (Wildman–Crippen LogP) is 5.14. The number of rotatable bonds is 2. The molecule has 1 atom stereocenters. The molecule has 0 aliphatic heterocycles.